The highest BCUT2D eigenvalue weighted by atomic mass is 16.7. The smallest absolute Gasteiger partial charge is 0.231 e. The number of fused-ring (bicyclic) bond motifs is 1. The van der Waals surface area contributed by atoms with E-state index < -0.39 is 0 Å². The summed E-state index contributed by atoms with van der Waals surface area (Å²) in [5.74, 6) is 1.69. The van der Waals surface area contributed by atoms with Gasteiger partial charge in [0.05, 0.1) is 0 Å². The summed E-state index contributed by atoms with van der Waals surface area (Å²) in [6, 6.07) is 6.30. The molecule has 4 nitrogen and oxygen atoms in total. The average molecular weight is 248 g/mol. The maximum Gasteiger partial charge on any atom is 0.231 e. The van der Waals surface area contributed by atoms with E-state index in [0.29, 0.717) is 6.79 Å². The Morgan fingerprint density at radius 1 is 1.17 bits per heavy atom. The van der Waals surface area contributed by atoms with Crippen LogP contribution in [0.15, 0.2) is 18.2 Å². The van der Waals surface area contributed by atoms with Crippen molar-refractivity contribution in [3.63, 3.8) is 0 Å². The Morgan fingerprint density at radius 3 is 2.78 bits per heavy atom. The molecule has 3 rings (SSSR count). The molecule has 98 valence electrons. The van der Waals surface area contributed by atoms with Crippen LogP contribution in [0.1, 0.15) is 18.4 Å². The molecular weight excluding hydrogens is 228 g/mol. The molecule has 0 amide bonds. The second-order valence-electron chi connectivity index (χ2n) is 5.16. The van der Waals surface area contributed by atoms with Gasteiger partial charge in [0.15, 0.2) is 11.5 Å². The van der Waals surface area contributed by atoms with Crippen molar-refractivity contribution in [2.24, 2.45) is 5.73 Å². The molecule has 1 aromatic rings. The Balaban J connectivity index is 1.58. The third kappa shape index (κ3) is 2.60. The summed E-state index contributed by atoms with van der Waals surface area (Å²) in [4.78, 5) is 2.46. The van der Waals surface area contributed by atoms with Crippen LogP contribution in [-0.2, 0) is 6.42 Å². The Kier molecular flexibility index (Phi) is 3.39. The molecule has 1 unspecified atom stereocenters. The predicted molar refractivity (Wildman–Crippen MR) is 69.9 cm³/mol. The van der Waals surface area contributed by atoms with Crippen LogP contribution in [0.5, 0.6) is 11.5 Å². The lowest BCUT2D eigenvalue weighted by Crippen LogP contribution is -2.37. The Labute approximate surface area is 108 Å². The van der Waals surface area contributed by atoms with Crippen molar-refractivity contribution in [2.45, 2.75) is 25.3 Å². The maximum absolute atomic E-state index is 6.22. The molecule has 0 bridgehead atoms. The third-order valence-corrected chi connectivity index (χ3v) is 3.63. The van der Waals surface area contributed by atoms with E-state index in [1.165, 1.54) is 31.5 Å². The lowest BCUT2D eigenvalue weighted by Gasteiger charge is -2.20. The first kappa shape index (κ1) is 11.8. The lowest BCUT2D eigenvalue weighted by molar-refractivity contribution is 0.174. The van der Waals surface area contributed by atoms with E-state index in [1.54, 1.807) is 0 Å². The SMILES string of the molecule is NC(Cc1ccc2c(c1)OCO2)CN1CCCC1. The van der Waals surface area contributed by atoms with Gasteiger partial charge >= 0.3 is 0 Å². The minimum atomic E-state index is 0.198. The number of nitrogens with two attached hydrogens (primary N) is 1. The molecule has 2 aliphatic heterocycles. The van der Waals surface area contributed by atoms with Gasteiger partial charge in [-0.15, -0.1) is 0 Å². The quantitative estimate of drug-likeness (QED) is 0.874. The second-order valence-corrected chi connectivity index (χ2v) is 5.16. The number of nitrogens with zero attached hydrogens (tertiary/aromatic N) is 1. The lowest BCUT2D eigenvalue weighted by atomic mass is 10.1. The molecular formula is C14H20N2O2. The van der Waals surface area contributed by atoms with Crippen molar-refractivity contribution >= 4 is 0 Å². The van der Waals surface area contributed by atoms with Gasteiger partial charge in [0.1, 0.15) is 0 Å². The van der Waals surface area contributed by atoms with Gasteiger partial charge in [-0.1, -0.05) is 6.07 Å². The summed E-state index contributed by atoms with van der Waals surface area (Å²) in [7, 11) is 0. The molecule has 0 aliphatic carbocycles. The molecule has 1 fully saturated rings. The number of benzene rings is 1. The molecule has 1 atom stereocenters. The molecule has 4 heteroatoms. The first-order valence-electron chi connectivity index (χ1n) is 6.68. The van der Waals surface area contributed by atoms with Crippen LogP contribution in [-0.4, -0.2) is 37.4 Å². The van der Waals surface area contributed by atoms with Crippen molar-refractivity contribution < 1.29 is 9.47 Å². The molecule has 0 saturated carbocycles. The van der Waals surface area contributed by atoms with Crippen LogP contribution < -0.4 is 15.2 Å². The van der Waals surface area contributed by atoms with Gasteiger partial charge in [0, 0.05) is 12.6 Å². The molecule has 2 aliphatic rings. The molecule has 18 heavy (non-hydrogen) atoms. The minimum Gasteiger partial charge on any atom is -0.454 e. The van der Waals surface area contributed by atoms with E-state index >= 15 is 0 Å². The largest absolute Gasteiger partial charge is 0.454 e. The topological polar surface area (TPSA) is 47.7 Å². The minimum absolute atomic E-state index is 0.198. The Hall–Kier alpha value is -1.26. The molecule has 1 aromatic carbocycles. The maximum atomic E-state index is 6.22. The zero-order valence-electron chi connectivity index (χ0n) is 10.6. The van der Waals surface area contributed by atoms with Crippen LogP contribution in [0, 0.1) is 0 Å². The van der Waals surface area contributed by atoms with Crippen LogP contribution in [0.2, 0.25) is 0 Å². The Morgan fingerprint density at radius 2 is 1.94 bits per heavy atom. The fourth-order valence-corrected chi connectivity index (χ4v) is 2.73. The first-order chi connectivity index (χ1) is 8.81. The zero-order chi connectivity index (χ0) is 12.4. The molecule has 0 aromatic heterocycles. The summed E-state index contributed by atoms with van der Waals surface area (Å²) in [6.07, 6.45) is 3.53. The molecule has 1 saturated heterocycles. The number of rotatable bonds is 4. The van der Waals surface area contributed by atoms with Crippen molar-refractivity contribution in [2.75, 3.05) is 26.4 Å². The molecule has 2 N–H and O–H groups in total. The Bertz CT molecular complexity index is 416. The van der Waals surface area contributed by atoms with E-state index in [2.05, 4.69) is 11.0 Å². The highest BCUT2D eigenvalue weighted by Crippen LogP contribution is 2.32. The standard InChI is InChI=1S/C14H20N2O2/c15-12(9-16-5-1-2-6-16)7-11-3-4-13-14(8-11)18-10-17-13/h3-4,8,12H,1-2,5-7,9-10,15H2. The van der Waals surface area contributed by atoms with Crippen molar-refractivity contribution in [3.8, 4) is 11.5 Å². The van der Waals surface area contributed by atoms with Crippen LogP contribution >= 0.6 is 0 Å². The highest BCUT2D eigenvalue weighted by Gasteiger charge is 2.17. The zero-order valence-corrected chi connectivity index (χ0v) is 10.6. The number of likely N-dealkylation sites (tertiary alicyclic amines) is 1. The first-order valence-corrected chi connectivity index (χ1v) is 6.68. The monoisotopic (exact) mass is 248 g/mol. The fraction of sp³-hybridized carbons (Fsp3) is 0.571. The summed E-state index contributed by atoms with van der Waals surface area (Å²) < 4.78 is 10.7. The van der Waals surface area contributed by atoms with E-state index in [9.17, 15) is 0 Å². The molecule has 0 radical (unpaired) electrons. The van der Waals surface area contributed by atoms with E-state index in [4.69, 9.17) is 15.2 Å². The van der Waals surface area contributed by atoms with E-state index in [1.807, 2.05) is 12.1 Å². The van der Waals surface area contributed by atoms with E-state index in [0.717, 1.165) is 24.5 Å². The summed E-state index contributed by atoms with van der Waals surface area (Å²) >= 11 is 0. The second kappa shape index (κ2) is 5.16. The van der Waals surface area contributed by atoms with Crippen LogP contribution in [0.25, 0.3) is 0 Å². The normalized spacial score (nSPS) is 20.3. The number of hydrogen-bond donors (Lipinski definition) is 1. The average Bonchev–Trinajstić information content (AvgIpc) is 2.98. The van der Waals surface area contributed by atoms with Gasteiger partial charge in [-0.3, -0.25) is 0 Å². The van der Waals surface area contributed by atoms with E-state index in [-0.39, 0.29) is 6.04 Å². The number of ether oxygens (including phenoxy) is 2. The summed E-state index contributed by atoms with van der Waals surface area (Å²) in [5.41, 5.74) is 7.44. The molecule has 2 heterocycles. The van der Waals surface area contributed by atoms with Gasteiger partial charge in [-0.25, -0.2) is 0 Å². The van der Waals surface area contributed by atoms with Crippen LogP contribution in [0.4, 0.5) is 0 Å². The van der Waals surface area contributed by atoms with Gasteiger partial charge in [-0.2, -0.15) is 0 Å². The molecule has 0 spiro atoms. The fourth-order valence-electron chi connectivity index (χ4n) is 2.73. The van der Waals surface area contributed by atoms with Crippen LogP contribution in [0.3, 0.4) is 0 Å². The summed E-state index contributed by atoms with van der Waals surface area (Å²) in [6.45, 7) is 3.73. The number of hydrogen-bond acceptors (Lipinski definition) is 4. The van der Waals surface area contributed by atoms with Crippen molar-refractivity contribution in [1.82, 2.24) is 4.90 Å². The predicted octanol–water partition coefficient (Wildman–Crippen LogP) is 1.38. The van der Waals surface area contributed by atoms with Crippen molar-refractivity contribution in [3.05, 3.63) is 23.8 Å². The van der Waals surface area contributed by atoms with Gasteiger partial charge in [0.25, 0.3) is 0 Å². The van der Waals surface area contributed by atoms with Gasteiger partial charge in [0.2, 0.25) is 6.79 Å². The van der Waals surface area contributed by atoms with Crippen molar-refractivity contribution in [1.29, 1.82) is 0 Å². The third-order valence-electron chi connectivity index (χ3n) is 3.63. The highest BCUT2D eigenvalue weighted by molar-refractivity contribution is 5.44. The van der Waals surface area contributed by atoms with Gasteiger partial charge in [-0.05, 0) is 50.0 Å². The summed E-state index contributed by atoms with van der Waals surface area (Å²) in [5, 5.41) is 0. The van der Waals surface area contributed by atoms with Gasteiger partial charge < -0.3 is 20.1 Å².